The van der Waals surface area contributed by atoms with E-state index in [9.17, 15) is 0 Å². The smallest absolute Gasteiger partial charge is 0.0387 e. The summed E-state index contributed by atoms with van der Waals surface area (Å²) in [6.45, 7) is 8.77. The van der Waals surface area contributed by atoms with E-state index >= 15 is 0 Å². The Morgan fingerprint density at radius 1 is 1.17 bits per heavy atom. The molecule has 0 aliphatic heterocycles. The largest absolute Gasteiger partial charge is 0.308 e. The SMILES string of the molecule is CC1CCC2C(CNCS)CCC3C(C12)C3(C)C. The number of hydrogen-bond donors (Lipinski definition) is 2. The second-order valence-corrected chi connectivity index (χ2v) is 8.02. The van der Waals surface area contributed by atoms with E-state index in [0.717, 1.165) is 41.4 Å². The highest BCUT2D eigenvalue weighted by Crippen LogP contribution is 2.70. The Bertz CT molecular complexity index is 314. The lowest BCUT2D eigenvalue weighted by molar-refractivity contribution is 0.190. The van der Waals surface area contributed by atoms with Gasteiger partial charge in [-0.25, -0.2) is 0 Å². The van der Waals surface area contributed by atoms with Crippen molar-refractivity contribution in [1.82, 2.24) is 5.32 Å². The molecule has 3 saturated carbocycles. The molecule has 0 heterocycles. The first-order valence-corrected chi connectivity index (χ1v) is 8.52. The Kier molecular flexibility index (Phi) is 3.47. The molecule has 6 atom stereocenters. The zero-order valence-corrected chi connectivity index (χ0v) is 13.0. The van der Waals surface area contributed by atoms with Gasteiger partial charge in [-0.15, -0.1) is 0 Å². The average Bonchev–Trinajstić information content (AvgIpc) is 2.74. The van der Waals surface area contributed by atoms with Crippen LogP contribution in [0.1, 0.15) is 46.5 Å². The predicted molar refractivity (Wildman–Crippen MR) is 80.7 cm³/mol. The van der Waals surface area contributed by atoms with Crippen molar-refractivity contribution in [2.45, 2.75) is 46.5 Å². The molecule has 3 fully saturated rings. The topological polar surface area (TPSA) is 12.0 Å². The highest BCUT2D eigenvalue weighted by atomic mass is 32.1. The molecule has 0 amide bonds. The van der Waals surface area contributed by atoms with Gasteiger partial charge in [-0.3, -0.25) is 0 Å². The van der Waals surface area contributed by atoms with Gasteiger partial charge in [-0.05, 0) is 66.7 Å². The lowest BCUT2D eigenvalue weighted by Crippen LogP contribution is -2.31. The second-order valence-electron chi connectivity index (χ2n) is 7.70. The highest BCUT2D eigenvalue weighted by Gasteiger charge is 2.64. The van der Waals surface area contributed by atoms with E-state index in [0.29, 0.717) is 5.41 Å². The summed E-state index contributed by atoms with van der Waals surface area (Å²) in [5.74, 6) is 6.84. The molecule has 0 aromatic heterocycles. The second kappa shape index (κ2) is 4.70. The van der Waals surface area contributed by atoms with Gasteiger partial charge in [0.2, 0.25) is 0 Å². The lowest BCUT2D eigenvalue weighted by atomic mass is 9.76. The molecule has 0 radical (unpaired) electrons. The van der Waals surface area contributed by atoms with Crippen LogP contribution in [0.15, 0.2) is 0 Å². The third-order valence-electron chi connectivity index (χ3n) is 6.63. The first-order valence-electron chi connectivity index (χ1n) is 7.89. The minimum atomic E-state index is 0.656. The fourth-order valence-electron chi connectivity index (χ4n) is 5.65. The van der Waals surface area contributed by atoms with Gasteiger partial charge in [-0.2, -0.15) is 12.6 Å². The van der Waals surface area contributed by atoms with Crippen molar-refractivity contribution in [2.24, 2.45) is 40.9 Å². The minimum Gasteiger partial charge on any atom is -0.308 e. The Morgan fingerprint density at radius 3 is 2.67 bits per heavy atom. The maximum absolute atomic E-state index is 4.30. The summed E-state index contributed by atoms with van der Waals surface area (Å²) in [6.07, 6.45) is 5.91. The number of nitrogens with one attached hydrogen (secondary N) is 1. The molecule has 1 N–H and O–H groups in total. The van der Waals surface area contributed by atoms with Crippen molar-refractivity contribution in [3.8, 4) is 0 Å². The summed E-state index contributed by atoms with van der Waals surface area (Å²) in [7, 11) is 0. The Balaban J connectivity index is 1.77. The standard InChI is InChI=1S/C16H29NS/c1-10-4-6-12-11(8-17-9-18)5-7-13-15(14(10)12)16(13,2)3/h10-15,17-18H,4-9H2,1-3H3. The Labute approximate surface area is 118 Å². The summed E-state index contributed by atoms with van der Waals surface area (Å²) >= 11 is 4.30. The molecule has 6 unspecified atom stereocenters. The van der Waals surface area contributed by atoms with Crippen molar-refractivity contribution in [3.05, 3.63) is 0 Å². The third-order valence-corrected chi connectivity index (χ3v) is 6.86. The molecular weight excluding hydrogens is 238 g/mol. The number of fused-ring (bicyclic) bond motifs is 3. The normalized spacial score (nSPS) is 49.3. The van der Waals surface area contributed by atoms with Crippen LogP contribution in [0, 0.1) is 40.9 Å². The summed E-state index contributed by atoms with van der Waals surface area (Å²) in [5.41, 5.74) is 0.656. The van der Waals surface area contributed by atoms with E-state index in [-0.39, 0.29) is 0 Å². The zero-order chi connectivity index (χ0) is 12.9. The lowest BCUT2D eigenvalue weighted by Gasteiger charge is -2.31. The van der Waals surface area contributed by atoms with Crippen molar-refractivity contribution >= 4 is 12.6 Å². The van der Waals surface area contributed by atoms with Gasteiger partial charge in [0, 0.05) is 5.88 Å². The van der Waals surface area contributed by atoms with Crippen molar-refractivity contribution in [3.63, 3.8) is 0 Å². The first kappa shape index (κ1) is 13.3. The van der Waals surface area contributed by atoms with Gasteiger partial charge in [-0.1, -0.05) is 27.2 Å². The molecule has 1 nitrogen and oxygen atoms in total. The molecule has 2 heteroatoms. The van der Waals surface area contributed by atoms with Crippen molar-refractivity contribution in [1.29, 1.82) is 0 Å². The molecule has 0 aromatic rings. The molecule has 0 spiro atoms. The van der Waals surface area contributed by atoms with Crippen LogP contribution in [0.4, 0.5) is 0 Å². The maximum Gasteiger partial charge on any atom is 0.0387 e. The van der Waals surface area contributed by atoms with Gasteiger partial charge >= 0.3 is 0 Å². The van der Waals surface area contributed by atoms with E-state index in [1.807, 2.05) is 0 Å². The van der Waals surface area contributed by atoms with Crippen LogP contribution in [0.25, 0.3) is 0 Å². The van der Waals surface area contributed by atoms with E-state index in [4.69, 9.17) is 0 Å². The van der Waals surface area contributed by atoms with Crippen LogP contribution in [0.5, 0.6) is 0 Å². The summed E-state index contributed by atoms with van der Waals surface area (Å²) in [5, 5.41) is 3.49. The summed E-state index contributed by atoms with van der Waals surface area (Å²) in [6, 6.07) is 0. The van der Waals surface area contributed by atoms with Crippen molar-refractivity contribution < 1.29 is 0 Å². The van der Waals surface area contributed by atoms with Gasteiger partial charge in [0.1, 0.15) is 0 Å². The zero-order valence-electron chi connectivity index (χ0n) is 12.2. The predicted octanol–water partition coefficient (Wildman–Crippen LogP) is 3.81. The van der Waals surface area contributed by atoms with Gasteiger partial charge < -0.3 is 5.32 Å². The van der Waals surface area contributed by atoms with Crippen LogP contribution in [0.3, 0.4) is 0 Å². The molecule has 0 saturated heterocycles. The number of rotatable bonds is 3. The van der Waals surface area contributed by atoms with Crippen LogP contribution in [-0.4, -0.2) is 12.4 Å². The van der Waals surface area contributed by atoms with E-state index < -0.39 is 0 Å². The van der Waals surface area contributed by atoms with E-state index in [1.54, 1.807) is 0 Å². The van der Waals surface area contributed by atoms with Crippen LogP contribution in [-0.2, 0) is 0 Å². The monoisotopic (exact) mass is 267 g/mol. The van der Waals surface area contributed by atoms with Crippen molar-refractivity contribution in [2.75, 3.05) is 12.4 Å². The number of thiol groups is 1. The molecule has 3 aliphatic rings. The Hall–Kier alpha value is 0.310. The molecule has 3 aliphatic carbocycles. The molecular formula is C16H29NS. The molecule has 3 rings (SSSR count). The first-order chi connectivity index (χ1) is 8.57. The summed E-state index contributed by atoms with van der Waals surface area (Å²) in [4.78, 5) is 0. The summed E-state index contributed by atoms with van der Waals surface area (Å²) < 4.78 is 0. The molecule has 0 aromatic carbocycles. The van der Waals surface area contributed by atoms with Crippen LogP contribution < -0.4 is 5.32 Å². The molecule has 104 valence electrons. The third kappa shape index (κ3) is 1.95. The Morgan fingerprint density at radius 2 is 1.94 bits per heavy atom. The molecule has 18 heavy (non-hydrogen) atoms. The van der Waals surface area contributed by atoms with Gasteiger partial charge in [0.15, 0.2) is 0 Å². The number of hydrogen-bond acceptors (Lipinski definition) is 2. The van der Waals surface area contributed by atoms with E-state index in [2.05, 4.69) is 38.7 Å². The highest BCUT2D eigenvalue weighted by molar-refractivity contribution is 7.80. The fraction of sp³-hybridized carbons (Fsp3) is 1.00. The van der Waals surface area contributed by atoms with Crippen LogP contribution >= 0.6 is 12.6 Å². The maximum atomic E-state index is 4.30. The minimum absolute atomic E-state index is 0.656. The molecule has 0 bridgehead atoms. The van der Waals surface area contributed by atoms with Gasteiger partial charge in [0.05, 0.1) is 0 Å². The average molecular weight is 267 g/mol. The fourth-order valence-corrected chi connectivity index (χ4v) is 5.77. The quantitative estimate of drug-likeness (QED) is 0.585. The van der Waals surface area contributed by atoms with Crippen LogP contribution in [0.2, 0.25) is 0 Å². The van der Waals surface area contributed by atoms with Gasteiger partial charge in [0.25, 0.3) is 0 Å². The van der Waals surface area contributed by atoms with E-state index in [1.165, 1.54) is 32.2 Å².